The molecule has 39 heavy (non-hydrogen) atoms. The maximum atomic E-state index is 13.9. The molecule has 0 aliphatic carbocycles. The Bertz CT molecular complexity index is 1680. The van der Waals surface area contributed by atoms with Crippen LogP contribution < -0.4 is 9.64 Å². The van der Waals surface area contributed by atoms with Gasteiger partial charge in [-0.25, -0.2) is 9.37 Å². The van der Waals surface area contributed by atoms with Crippen molar-refractivity contribution in [3.05, 3.63) is 94.3 Å². The summed E-state index contributed by atoms with van der Waals surface area (Å²) in [5, 5.41) is 11.8. The molecule has 8 heteroatoms. The minimum absolute atomic E-state index is 0.0131. The predicted octanol–water partition coefficient (Wildman–Crippen LogP) is 6.68. The van der Waals surface area contributed by atoms with Gasteiger partial charge in [0.25, 0.3) is 5.78 Å². The molecule has 0 saturated carbocycles. The number of ketones is 1. The van der Waals surface area contributed by atoms with Crippen LogP contribution in [0.25, 0.3) is 16.0 Å². The van der Waals surface area contributed by atoms with E-state index in [1.165, 1.54) is 17.0 Å². The number of aromatic nitrogens is 1. The quantitative estimate of drug-likeness (QED) is 0.177. The fourth-order valence-corrected chi connectivity index (χ4v) is 6.24. The summed E-state index contributed by atoms with van der Waals surface area (Å²) in [7, 11) is 0. The summed E-state index contributed by atoms with van der Waals surface area (Å²) < 4.78 is 20.2. The molecule has 2 aliphatic rings. The molecule has 6 rings (SSSR count). The first-order chi connectivity index (χ1) is 18.5. The van der Waals surface area contributed by atoms with E-state index in [0.717, 1.165) is 28.2 Å². The number of halogens is 1. The van der Waals surface area contributed by atoms with Gasteiger partial charge in [0.15, 0.2) is 5.13 Å². The number of benzene rings is 3. The van der Waals surface area contributed by atoms with Crippen LogP contribution in [0.2, 0.25) is 0 Å². The summed E-state index contributed by atoms with van der Waals surface area (Å²) in [5.41, 5.74) is 3.53. The maximum Gasteiger partial charge on any atom is 0.301 e. The Morgan fingerprint density at radius 3 is 2.54 bits per heavy atom. The third-order valence-corrected chi connectivity index (χ3v) is 8.27. The van der Waals surface area contributed by atoms with E-state index in [1.807, 2.05) is 37.3 Å². The summed E-state index contributed by atoms with van der Waals surface area (Å²) in [4.78, 5) is 33.0. The molecule has 6 nitrogen and oxygen atoms in total. The van der Waals surface area contributed by atoms with Crippen molar-refractivity contribution in [3.63, 3.8) is 0 Å². The van der Waals surface area contributed by atoms with Crippen LogP contribution in [-0.2, 0) is 21.4 Å². The Morgan fingerprint density at radius 2 is 1.82 bits per heavy atom. The van der Waals surface area contributed by atoms with Crippen LogP contribution >= 0.6 is 11.3 Å². The smallest absolute Gasteiger partial charge is 0.301 e. The van der Waals surface area contributed by atoms with E-state index in [-0.39, 0.29) is 28.0 Å². The van der Waals surface area contributed by atoms with Crippen LogP contribution in [0.3, 0.4) is 0 Å². The molecular formula is C31H27FN2O4S. The normalized spacial score (nSPS) is 20.5. The number of hydrogen-bond donors (Lipinski definition) is 1. The van der Waals surface area contributed by atoms with E-state index in [2.05, 4.69) is 25.8 Å². The Kier molecular flexibility index (Phi) is 5.84. The van der Waals surface area contributed by atoms with Gasteiger partial charge in [-0.15, -0.1) is 0 Å². The topological polar surface area (TPSA) is 79.7 Å². The number of anilines is 1. The van der Waals surface area contributed by atoms with Crippen molar-refractivity contribution in [3.8, 4) is 5.75 Å². The van der Waals surface area contributed by atoms with Crippen LogP contribution in [0.15, 0.2) is 66.2 Å². The lowest BCUT2D eigenvalue weighted by Gasteiger charge is -2.24. The van der Waals surface area contributed by atoms with Gasteiger partial charge in [0.05, 0.1) is 21.8 Å². The highest BCUT2D eigenvalue weighted by Crippen LogP contribution is 2.45. The molecule has 1 amide bonds. The van der Waals surface area contributed by atoms with Gasteiger partial charge >= 0.3 is 5.91 Å². The van der Waals surface area contributed by atoms with Crippen molar-refractivity contribution in [1.82, 2.24) is 4.98 Å². The van der Waals surface area contributed by atoms with Gasteiger partial charge in [-0.2, -0.15) is 0 Å². The minimum Gasteiger partial charge on any atom is -0.507 e. The number of thiazole rings is 1. The second-order valence-electron chi connectivity index (χ2n) is 11.1. The molecule has 3 aromatic carbocycles. The molecule has 4 aromatic rings. The number of ether oxygens (including phenoxy) is 1. The van der Waals surface area contributed by atoms with Gasteiger partial charge in [-0.05, 0) is 65.4 Å². The van der Waals surface area contributed by atoms with Crippen molar-refractivity contribution in [2.45, 2.75) is 51.7 Å². The van der Waals surface area contributed by atoms with Crippen molar-refractivity contribution in [1.29, 1.82) is 0 Å². The maximum absolute atomic E-state index is 13.9. The van der Waals surface area contributed by atoms with Crippen LogP contribution in [0.4, 0.5) is 9.52 Å². The number of carbonyl (C=O) groups is 2. The number of Topliss-reactive ketones (excluding diaryl/α,β-unsaturated/α-hetero) is 1. The molecular weight excluding hydrogens is 515 g/mol. The molecule has 1 fully saturated rings. The second-order valence-corrected chi connectivity index (χ2v) is 12.1. The Balaban J connectivity index is 1.53. The molecule has 0 spiro atoms. The van der Waals surface area contributed by atoms with Crippen LogP contribution in [0, 0.1) is 5.82 Å². The van der Waals surface area contributed by atoms with Crippen LogP contribution in [0.5, 0.6) is 5.75 Å². The Hall–Kier alpha value is -4.04. The fourth-order valence-electron chi connectivity index (χ4n) is 5.22. The van der Waals surface area contributed by atoms with Crippen molar-refractivity contribution >= 4 is 44.1 Å². The van der Waals surface area contributed by atoms with Gasteiger partial charge in [0, 0.05) is 12.0 Å². The molecule has 1 aromatic heterocycles. The third kappa shape index (κ3) is 4.29. The fraction of sp³-hybridized carbons (Fsp3) is 0.258. The molecule has 0 bridgehead atoms. The van der Waals surface area contributed by atoms with E-state index < -0.39 is 23.5 Å². The first-order valence-electron chi connectivity index (χ1n) is 12.8. The first-order valence-corrected chi connectivity index (χ1v) is 13.6. The van der Waals surface area contributed by atoms with Gasteiger partial charge in [0.2, 0.25) is 0 Å². The number of amides is 1. The van der Waals surface area contributed by atoms with E-state index >= 15 is 0 Å². The average molecular weight is 543 g/mol. The SMILES string of the molecule is C[C@@H]1Cc2cc(C(O)=C3C(=O)C(=O)N(c4nc5ccc(F)cc5s4)[C@H]3c3ccc(C(C)(C)C)cc3)ccc2O1. The van der Waals surface area contributed by atoms with E-state index in [0.29, 0.717) is 27.8 Å². The van der Waals surface area contributed by atoms with E-state index in [1.54, 1.807) is 18.2 Å². The molecule has 1 saturated heterocycles. The number of nitrogens with zero attached hydrogens (tertiary/aromatic N) is 2. The van der Waals surface area contributed by atoms with E-state index in [4.69, 9.17) is 4.74 Å². The average Bonchev–Trinajstić information content (AvgIpc) is 3.55. The summed E-state index contributed by atoms with van der Waals surface area (Å²) >= 11 is 1.13. The highest BCUT2D eigenvalue weighted by Gasteiger charge is 2.48. The number of carbonyl (C=O) groups excluding carboxylic acids is 2. The summed E-state index contributed by atoms with van der Waals surface area (Å²) in [6.45, 7) is 8.28. The van der Waals surface area contributed by atoms with Crippen molar-refractivity contribution < 1.29 is 23.8 Å². The molecule has 0 unspecified atom stereocenters. The zero-order valence-corrected chi connectivity index (χ0v) is 22.8. The number of aliphatic hydroxyl groups excluding tert-OH is 1. The highest BCUT2D eigenvalue weighted by molar-refractivity contribution is 7.22. The zero-order chi connectivity index (χ0) is 27.6. The van der Waals surface area contributed by atoms with Gasteiger partial charge in [-0.3, -0.25) is 14.5 Å². The van der Waals surface area contributed by atoms with Gasteiger partial charge in [-0.1, -0.05) is 56.4 Å². The molecule has 3 heterocycles. The lowest BCUT2D eigenvalue weighted by atomic mass is 9.85. The minimum atomic E-state index is -0.909. The summed E-state index contributed by atoms with van der Waals surface area (Å²) in [6.07, 6.45) is 0.707. The van der Waals surface area contributed by atoms with Gasteiger partial charge < -0.3 is 9.84 Å². The predicted molar refractivity (Wildman–Crippen MR) is 150 cm³/mol. The molecule has 0 radical (unpaired) electrons. The number of rotatable bonds is 3. The standard InChI is InChI=1S/C31H27FN2O4S/c1-16-13-19-14-18(7-12-23(19)38-16)27(35)25-26(17-5-8-20(9-6-17)31(2,3)4)34(29(37)28(25)36)30-33-22-11-10-21(32)15-24(22)39-30/h5-12,14-16,26,35H,13H2,1-4H3/t16-,26+/m1/s1. The van der Waals surface area contributed by atoms with Crippen molar-refractivity contribution in [2.75, 3.05) is 4.90 Å². The monoisotopic (exact) mass is 542 g/mol. The summed E-state index contributed by atoms with van der Waals surface area (Å²) in [5.74, 6) is -1.51. The van der Waals surface area contributed by atoms with Gasteiger partial charge in [0.1, 0.15) is 23.4 Å². The van der Waals surface area contributed by atoms with Crippen LogP contribution in [-0.4, -0.2) is 27.9 Å². The van der Waals surface area contributed by atoms with Crippen LogP contribution in [0.1, 0.15) is 56.0 Å². The third-order valence-electron chi connectivity index (χ3n) is 7.25. The molecule has 2 atom stereocenters. The van der Waals surface area contributed by atoms with Crippen molar-refractivity contribution in [2.24, 2.45) is 0 Å². The molecule has 1 N–H and O–H groups in total. The second kappa shape index (κ2) is 9.02. The lowest BCUT2D eigenvalue weighted by Crippen LogP contribution is -2.29. The summed E-state index contributed by atoms with van der Waals surface area (Å²) in [6, 6.07) is 16.3. The first kappa shape index (κ1) is 25.2. The number of hydrogen-bond acceptors (Lipinski definition) is 6. The number of fused-ring (bicyclic) bond motifs is 2. The Morgan fingerprint density at radius 1 is 1.08 bits per heavy atom. The lowest BCUT2D eigenvalue weighted by molar-refractivity contribution is -0.132. The van der Waals surface area contributed by atoms with E-state index in [9.17, 15) is 19.1 Å². The number of aliphatic hydroxyl groups is 1. The molecule has 198 valence electrons. The largest absolute Gasteiger partial charge is 0.507 e. The molecule has 2 aliphatic heterocycles. The zero-order valence-electron chi connectivity index (χ0n) is 22.0. The highest BCUT2D eigenvalue weighted by atomic mass is 32.1. The Labute approximate surface area is 229 Å².